The highest BCUT2D eigenvalue weighted by molar-refractivity contribution is 7.80. The van der Waals surface area contributed by atoms with Gasteiger partial charge in [0.1, 0.15) is 5.92 Å². The van der Waals surface area contributed by atoms with E-state index in [1.165, 1.54) is 12.1 Å². The molecule has 1 heterocycles. The Bertz CT molecular complexity index is 856. The molecule has 2 aromatic rings. The van der Waals surface area contributed by atoms with E-state index in [0.717, 1.165) is 5.56 Å². The van der Waals surface area contributed by atoms with Crippen LogP contribution in [0.25, 0.3) is 0 Å². The quantitative estimate of drug-likeness (QED) is 0.551. The first-order chi connectivity index (χ1) is 12.6. The average molecular weight is 394 g/mol. The molecule has 1 fully saturated rings. The van der Waals surface area contributed by atoms with Crippen molar-refractivity contribution >= 4 is 23.1 Å². The number of carbonyl (C=O) groups excluding carboxylic acids is 1. The average Bonchev–Trinajstić information content (AvgIpc) is 2.61. The molecule has 3 atom stereocenters. The van der Waals surface area contributed by atoms with E-state index in [2.05, 4.69) is 5.32 Å². The summed E-state index contributed by atoms with van der Waals surface area (Å²) >= 11 is 4.89. The van der Waals surface area contributed by atoms with Crippen molar-refractivity contribution in [3.63, 3.8) is 0 Å². The number of halogens is 3. The van der Waals surface area contributed by atoms with Crippen molar-refractivity contribution in [2.24, 2.45) is 5.92 Å². The minimum atomic E-state index is -5.13. The van der Waals surface area contributed by atoms with Crippen molar-refractivity contribution in [1.82, 2.24) is 10.6 Å². The third kappa shape index (κ3) is 3.54. The lowest BCUT2D eigenvalue weighted by molar-refractivity contribution is -0.285. The van der Waals surface area contributed by atoms with Crippen molar-refractivity contribution in [1.29, 1.82) is 0 Å². The number of rotatable bonds is 3. The van der Waals surface area contributed by atoms with Gasteiger partial charge in [-0.15, -0.1) is 0 Å². The third-order valence-electron chi connectivity index (χ3n) is 4.58. The van der Waals surface area contributed by atoms with E-state index < -0.39 is 29.6 Å². The number of carbonyl (C=O) groups is 1. The van der Waals surface area contributed by atoms with E-state index in [-0.39, 0.29) is 10.7 Å². The van der Waals surface area contributed by atoms with Crippen LogP contribution >= 0.6 is 12.2 Å². The Labute approximate surface area is 159 Å². The molecule has 0 amide bonds. The second kappa shape index (κ2) is 6.94. The van der Waals surface area contributed by atoms with Gasteiger partial charge >= 0.3 is 6.18 Å². The Hall–Kier alpha value is -2.45. The lowest BCUT2D eigenvalue weighted by Gasteiger charge is -2.46. The van der Waals surface area contributed by atoms with Crippen LogP contribution in [0.5, 0.6) is 0 Å². The fourth-order valence-electron chi connectivity index (χ4n) is 3.17. The predicted octanol–water partition coefficient (Wildman–Crippen LogP) is 3.26. The summed E-state index contributed by atoms with van der Waals surface area (Å²) in [6.45, 7) is 1.84. The van der Waals surface area contributed by atoms with Crippen LogP contribution in [0.3, 0.4) is 0 Å². The first-order valence-electron chi connectivity index (χ1n) is 8.17. The van der Waals surface area contributed by atoms with Crippen molar-refractivity contribution in [2.45, 2.75) is 24.9 Å². The SMILES string of the molecule is Cc1ccc(C2NC(=S)NC(O)(C(F)(F)F)C2C(=O)c2ccccc2)cc1. The van der Waals surface area contributed by atoms with Crippen LogP contribution in [0.1, 0.15) is 27.5 Å². The van der Waals surface area contributed by atoms with E-state index in [4.69, 9.17) is 12.2 Å². The van der Waals surface area contributed by atoms with Gasteiger partial charge < -0.3 is 15.7 Å². The Kier molecular flexibility index (Phi) is 4.96. The van der Waals surface area contributed by atoms with Gasteiger partial charge in [0, 0.05) is 5.56 Å². The summed E-state index contributed by atoms with van der Waals surface area (Å²) < 4.78 is 41.5. The van der Waals surface area contributed by atoms with Crippen LogP contribution in [0.4, 0.5) is 13.2 Å². The molecule has 0 bridgehead atoms. The first-order valence-corrected chi connectivity index (χ1v) is 8.58. The minimum Gasteiger partial charge on any atom is -0.363 e. The Morgan fingerprint density at radius 2 is 1.70 bits per heavy atom. The zero-order valence-electron chi connectivity index (χ0n) is 14.2. The number of alkyl halides is 3. The van der Waals surface area contributed by atoms with Gasteiger partial charge in [0.15, 0.2) is 10.9 Å². The number of hydrogen-bond donors (Lipinski definition) is 3. The summed E-state index contributed by atoms with van der Waals surface area (Å²) in [4.78, 5) is 13.0. The number of benzene rings is 2. The van der Waals surface area contributed by atoms with Crippen LogP contribution in [-0.2, 0) is 0 Å². The maximum atomic E-state index is 13.8. The zero-order chi connectivity index (χ0) is 19.8. The number of nitrogens with one attached hydrogen (secondary N) is 2. The highest BCUT2D eigenvalue weighted by Crippen LogP contribution is 2.43. The van der Waals surface area contributed by atoms with Crippen molar-refractivity contribution in [3.8, 4) is 0 Å². The van der Waals surface area contributed by atoms with Crippen molar-refractivity contribution in [3.05, 3.63) is 71.3 Å². The Morgan fingerprint density at radius 3 is 2.26 bits per heavy atom. The maximum Gasteiger partial charge on any atom is 0.437 e. The minimum absolute atomic E-state index is 0.0682. The molecule has 0 aliphatic carbocycles. The summed E-state index contributed by atoms with van der Waals surface area (Å²) in [5.74, 6) is -2.72. The van der Waals surface area contributed by atoms with Crippen LogP contribution in [0.2, 0.25) is 0 Å². The van der Waals surface area contributed by atoms with E-state index in [0.29, 0.717) is 5.56 Å². The van der Waals surface area contributed by atoms with Gasteiger partial charge in [0.2, 0.25) is 5.72 Å². The molecule has 1 aliphatic rings. The van der Waals surface area contributed by atoms with Crippen LogP contribution in [0, 0.1) is 12.8 Å². The van der Waals surface area contributed by atoms with Gasteiger partial charge in [-0.1, -0.05) is 60.2 Å². The third-order valence-corrected chi connectivity index (χ3v) is 4.80. The van der Waals surface area contributed by atoms with E-state index in [9.17, 15) is 23.1 Å². The van der Waals surface area contributed by atoms with Gasteiger partial charge in [-0.05, 0) is 24.7 Å². The Balaban J connectivity index is 2.15. The van der Waals surface area contributed by atoms with Crippen LogP contribution in [-0.4, -0.2) is 27.9 Å². The molecule has 0 saturated carbocycles. The number of aryl methyl sites for hydroxylation is 1. The number of thiocarbonyl (C=S) groups is 1. The zero-order valence-corrected chi connectivity index (χ0v) is 15.1. The van der Waals surface area contributed by atoms with Crippen molar-refractivity contribution < 1.29 is 23.1 Å². The number of ketones is 1. The van der Waals surface area contributed by atoms with Crippen molar-refractivity contribution in [2.75, 3.05) is 0 Å². The molecule has 1 aliphatic heterocycles. The molecule has 142 valence electrons. The van der Waals surface area contributed by atoms with E-state index in [1.54, 1.807) is 42.5 Å². The smallest absolute Gasteiger partial charge is 0.363 e. The summed E-state index contributed by atoms with van der Waals surface area (Å²) in [6, 6.07) is 13.1. The highest BCUT2D eigenvalue weighted by atomic mass is 32.1. The fraction of sp³-hybridized carbons (Fsp3) is 0.263. The summed E-state index contributed by atoms with van der Waals surface area (Å²) in [7, 11) is 0. The topological polar surface area (TPSA) is 61.4 Å². The van der Waals surface area contributed by atoms with E-state index >= 15 is 0 Å². The van der Waals surface area contributed by atoms with Gasteiger partial charge in [0.25, 0.3) is 0 Å². The van der Waals surface area contributed by atoms with Crippen LogP contribution < -0.4 is 10.6 Å². The summed E-state index contributed by atoms with van der Waals surface area (Å²) in [5.41, 5.74) is -2.11. The molecular weight excluding hydrogens is 377 g/mol. The largest absolute Gasteiger partial charge is 0.437 e. The molecular formula is C19H17F3N2O2S. The Morgan fingerprint density at radius 1 is 1.11 bits per heavy atom. The van der Waals surface area contributed by atoms with Gasteiger partial charge in [0.05, 0.1) is 6.04 Å². The summed E-state index contributed by atoms with van der Waals surface area (Å²) in [5, 5.41) is 14.8. The second-order valence-corrected chi connectivity index (χ2v) is 6.87. The second-order valence-electron chi connectivity index (χ2n) is 6.46. The molecule has 1 saturated heterocycles. The lowest BCUT2D eigenvalue weighted by Crippen LogP contribution is -2.72. The molecule has 2 aromatic carbocycles. The highest BCUT2D eigenvalue weighted by Gasteiger charge is 2.65. The van der Waals surface area contributed by atoms with Gasteiger partial charge in [-0.25, -0.2) is 0 Å². The molecule has 3 unspecified atom stereocenters. The van der Waals surface area contributed by atoms with Gasteiger partial charge in [-0.2, -0.15) is 13.2 Å². The van der Waals surface area contributed by atoms with Crippen LogP contribution in [0.15, 0.2) is 54.6 Å². The number of hydrogen-bond acceptors (Lipinski definition) is 3. The first kappa shape index (κ1) is 19.3. The molecule has 4 nitrogen and oxygen atoms in total. The number of aliphatic hydroxyl groups is 1. The molecule has 3 rings (SSSR count). The molecule has 3 N–H and O–H groups in total. The molecule has 0 radical (unpaired) electrons. The maximum absolute atomic E-state index is 13.8. The molecule has 27 heavy (non-hydrogen) atoms. The molecule has 0 spiro atoms. The predicted molar refractivity (Wildman–Crippen MR) is 98.1 cm³/mol. The molecule has 0 aromatic heterocycles. The fourth-order valence-corrected chi connectivity index (χ4v) is 3.46. The molecule has 8 heteroatoms. The standard InChI is InChI=1S/C19H17F3N2O2S/c1-11-7-9-12(10-8-11)15-14(16(25)13-5-3-2-4-6-13)18(26,19(20,21)22)24-17(27)23-15/h2-10,14-15,26H,1H3,(H2,23,24,27). The van der Waals surface area contributed by atoms with E-state index in [1.807, 2.05) is 12.2 Å². The lowest BCUT2D eigenvalue weighted by atomic mass is 9.77. The summed E-state index contributed by atoms with van der Waals surface area (Å²) in [6.07, 6.45) is -5.13. The monoisotopic (exact) mass is 394 g/mol. The normalized spacial score (nSPS) is 25.4. The van der Waals surface area contributed by atoms with Gasteiger partial charge in [-0.3, -0.25) is 4.79 Å². The number of Topliss-reactive ketones (excluding diaryl/α,β-unsaturated/α-hetero) is 1.